The Morgan fingerprint density at radius 2 is 1.79 bits per heavy atom. The number of sulfonamides is 1. The van der Waals surface area contributed by atoms with Crippen molar-refractivity contribution in [3.8, 4) is 0 Å². The van der Waals surface area contributed by atoms with Gasteiger partial charge in [-0.05, 0) is 56.1 Å². The molecule has 0 amide bonds. The third kappa shape index (κ3) is 2.79. The standard InChI is InChI=1S/C13H17ClN2O2S/c14-11-1-3-12(4-2-11)19(17,18)15-13-9-16-7-5-10(13)6-8-16/h1-4,10,13,15H,5-9H2/t13-/m0/s1. The summed E-state index contributed by atoms with van der Waals surface area (Å²) < 4.78 is 27.5. The van der Waals surface area contributed by atoms with Crippen LogP contribution < -0.4 is 4.72 Å². The summed E-state index contributed by atoms with van der Waals surface area (Å²) in [6.07, 6.45) is 2.18. The molecule has 0 spiro atoms. The molecule has 2 bridgehead atoms. The Morgan fingerprint density at radius 1 is 1.16 bits per heavy atom. The molecule has 3 aliphatic rings. The topological polar surface area (TPSA) is 49.4 Å². The van der Waals surface area contributed by atoms with Crippen LogP contribution in [0.15, 0.2) is 29.2 Å². The quantitative estimate of drug-likeness (QED) is 0.924. The highest BCUT2D eigenvalue weighted by molar-refractivity contribution is 7.89. The molecule has 1 atom stereocenters. The highest BCUT2D eigenvalue weighted by Gasteiger charge is 2.36. The number of hydrogen-bond acceptors (Lipinski definition) is 3. The predicted molar refractivity (Wildman–Crippen MR) is 74.7 cm³/mol. The number of nitrogens with zero attached hydrogens (tertiary/aromatic N) is 1. The lowest BCUT2D eigenvalue weighted by Gasteiger charge is -2.44. The SMILES string of the molecule is O=S(=O)(N[C@H]1CN2CCC1CC2)c1ccc(Cl)cc1. The molecule has 0 radical (unpaired) electrons. The largest absolute Gasteiger partial charge is 0.302 e. The van der Waals surface area contributed by atoms with Crippen LogP contribution in [0.5, 0.6) is 0 Å². The normalized spacial score (nSPS) is 30.5. The van der Waals surface area contributed by atoms with E-state index in [1.165, 1.54) is 0 Å². The molecule has 104 valence electrons. The van der Waals surface area contributed by atoms with Gasteiger partial charge in [0.1, 0.15) is 0 Å². The molecule has 0 aromatic heterocycles. The van der Waals surface area contributed by atoms with Crippen molar-refractivity contribution in [3.63, 3.8) is 0 Å². The Hall–Kier alpha value is -0.620. The van der Waals surface area contributed by atoms with Crippen molar-refractivity contribution in [3.05, 3.63) is 29.3 Å². The Morgan fingerprint density at radius 3 is 2.32 bits per heavy atom. The molecule has 6 heteroatoms. The van der Waals surface area contributed by atoms with Gasteiger partial charge in [-0.1, -0.05) is 11.6 Å². The molecular weight excluding hydrogens is 284 g/mol. The Labute approximate surface area is 118 Å². The Bertz CT molecular complexity index is 551. The zero-order valence-electron chi connectivity index (χ0n) is 10.5. The summed E-state index contributed by atoms with van der Waals surface area (Å²) in [5.74, 6) is 0.479. The van der Waals surface area contributed by atoms with Gasteiger partial charge in [-0.2, -0.15) is 0 Å². The lowest BCUT2D eigenvalue weighted by atomic mass is 9.85. The Balaban J connectivity index is 1.76. The van der Waals surface area contributed by atoms with Gasteiger partial charge in [0, 0.05) is 17.6 Å². The van der Waals surface area contributed by atoms with E-state index in [0.29, 0.717) is 10.9 Å². The van der Waals surface area contributed by atoms with Crippen molar-refractivity contribution in [1.29, 1.82) is 0 Å². The van der Waals surface area contributed by atoms with Crippen molar-refractivity contribution in [1.82, 2.24) is 9.62 Å². The number of halogens is 1. The Kier molecular flexibility index (Phi) is 3.55. The zero-order chi connectivity index (χ0) is 13.5. The second-order valence-corrected chi connectivity index (χ2v) is 7.47. The van der Waals surface area contributed by atoms with Crippen LogP contribution in [0, 0.1) is 5.92 Å². The molecule has 0 saturated carbocycles. The monoisotopic (exact) mass is 300 g/mol. The molecular formula is C13H17ClN2O2S. The van der Waals surface area contributed by atoms with Gasteiger partial charge in [0.05, 0.1) is 4.90 Å². The van der Waals surface area contributed by atoms with E-state index in [1.54, 1.807) is 24.3 Å². The number of benzene rings is 1. The summed E-state index contributed by atoms with van der Waals surface area (Å²) in [5.41, 5.74) is 0. The van der Waals surface area contributed by atoms with Gasteiger partial charge in [-0.15, -0.1) is 0 Å². The molecule has 3 saturated heterocycles. The molecule has 19 heavy (non-hydrogen) atoms. The minimum atomic E-state index is -3.43. The molecule has 4 nitrogen and oxygen atoms in total. The minimum Gasteiger partial charge on any atom is -0.302 e. The highest BCUT2D eigenvalue weighted by atomic mass is 35.5. The molecule has 4 rings (SSSR count). The molecule has 1 aromatic carbocycles. The van der Waals surface area contributed by atoms with Gasteiger partial charge >= 0.3 is 0 Å². The van der Waals surface area contributed by atoms with E-state index in [9.17, 15) is 8.42 Å². The molecule has 1 aromatic rings. The summed E-state index contributed by atoms with van der Waals surface area (Å²) in [4.78, 5) is 2.61. The first kappa shape index (κ1) is 13.4. The summed E-state index contributed by atoms with van der Waals surface area (Å²) in [6.45, 7) is 3.03. The fourth-order valence-electron chi connectivity index (χ4n) is 2.98. The van der Waals surface area contributed by atoms with Crippen molar-refractivity contribution in [2.24, 2.45) is 5.92 Å². The molecule has 3 fully saturated rings. The third-order valence-corrected chi connectivity index (χ3v) is 5.84. The first-order valence-electron chi connectivity index (χ1n) is 6.55. The first-order valence-corrected chi connectivity index (χ1v) is 8.41. The molecule has 0 unspecified atom stereocenters. The van der Waals surface area contributed by atoms with Crippen LogP contribution in [0.2, 0.25) is 5.02 Å². The van der Waals surface area contributed by atoms with E-state index in [0.717, 1.165) is 32.5 Å². The van der Waals surface area contributed by atoms with E-state index in [1.807, 2.05) is 0 Å². The van der Waals surface area contributed by atoms with Crippen molar-refractivity contribution in [2.75, 3.05) is 19.6 Å². The smallest absolute Gasteiger partial charge is 0.240 e. The third-order valence-electron chi connectivity index (χ3n) is 4.09. The number of rotatable bonds is 3. The van der Waals surface area contributed by atoms with E-state index in [-0.39, 0.29) is 10.9 Å². The lowest BCUT2D eigenvalue weighted by molar-refractivity contribution is 0.0827. The molecule has 3 aliphatic heterocycles. The van der Waals surface area contributed by atoms with Crippen LogP contribution in [0.25, 0.3) is 0 Å². The zero-order valence-corrected chi connectivity index (χ0v) is 12.1. The van der Waals surface area contributed by atoms with Crippen LogP contribution in [0.3, 0.4) is 0 Å². The maximum atomic E-state index is 12.3. The molecule has 0 aliphatic carbocycles. The van der Waals surface area contributed by atoms with Gasteiger partial charge in [0.2, 0.25) is 10.0 Å². The van der Waals surface area contributed by atoms with Crippen molar-refractivity contribution >= 4 is 21.6 Å². The van der Waals surface area contributed by atoms with Gasteiger partial charge < -0.3 is 4.90 Å². The summed E-state index contributed by atoms with van der Waals surface area (Å²) in [7, 11) is -3.43. The van der Waals surface area contributed by atoms with Crippen LogP contribution in [-0.2, 0) is 10.0 Å². The fourth-order valence-corrected chi connectivity index (χ4v) is 4.40. The van der Waals surface area contributed by atoms with Gasteiger partial charge in [0.25, 0.3) is 0 Å². The fraction of sp³-hybridized carbons (Fsp3) is 0.538. The van der Waals surface area contributed by atoms with Gasteiger partial charge in [0.15, 0.2) is 0 Å². The van der Waals surface area contributed by atoms with Crippen molar-refractivity contribution < 1.29 is 8.42 Å². The van der Waals surface area contributed by atoms with Gasteiger partial charge in [-0.25, -0.2) is 13.1 Å². The minimum absolute atomic E-state index is 0.0446. The van der Waals surface area contributed by atoms with Gasteiger partial charge in [-0.3, -0.25) is 0 Å². The summed E-state index contributed by atoms with van der Waals surface area (Å²) in [6, 6.07) is 6.35. The second kappa shape index (κ2) is 5.05. The van der Waals surface area contributed by atoms with Crippen LogP contribution in [-0.4, -0.2) is 39.0 Å². The molecule has 1 N–H and O–H groups in total. The number of hydrogen-bond donors (Lipinski definition) is 1. The van der Waals surface area contributed by atoms with E-state index in [2.05, 4.69) is 9.62 Å². The first-order chi connectivity index (χ1) is 9.04. The van der Waals surface area contributed by atoms with Crippen LogP contribution in [0.4, 0.5) is 0 Å². The van der Waals surface area contributed by atoms with Crippen LogP contribution in [0.1, 0.15) is 12.8 Å². The average molecular weight is 301 g/mol. The average Bonchev–Trinajstić information content (AvgIpc) is 2.40. The number of fused-ring (bicyclic) bond motifs is 3. The highest BCUT2D eigenvalue weighted by Crippen LogP contribution is 2.28. The second-order valence-electron chi connectivity index (χ2n) is 5.32. The van der Waals surface area contributed by atoms with Crippen LogP contribution >= 0.6 is 11.6 Å². The lowest BCUT2D eigenvalue weighted by Crippen LogP contribution is -2.57. The van der Waals surface area contributed by atoms with E-state index >= 15 is 0 Å². The summed E-state index contributed by atoms with van der Waals surface area (Å²) >= 11 is 5.78. The molecule has 3 heterocycles. The van der Waals surface area contributed by atoms with E-state index in [4.69, 9.17) is 11.6 Å². The number of piperidine rings is 3. The van der Waals surface area contributed by atoms with Crippen molar-refractivity contribution in [2.45, 2.75) is 23.8 Å². The predicted octanol–water partition coefficient (Wildman–Crippen LogP) is 1.71. The number of nitrogens with one attached hydrogen (secondary N) is 1. The maximum absolute atomic E-state index is 12.3. The maximum Gasteiger partial charge on any atom is 0.240 e. The van der Waals surface area contributed by atoms with E-state index < -0.39 is 10.0 Å². The summed E-state index contributed by atoms with van der Waals surface area (Å²) in [5, 5.41) is 0.543.